The summed E-state index contributed by atoms with van der Waals surface area (Å²) in [5, 5.41) is 0. The van der Waals surface area contributed by atoms with E-state index in [9.17, 15) is 9.00 Å². The van der Waals surface area contributed by atoms with Crippen LogP contribution < -0.4 is 0 Å². The summed E-state index contributed by atoms with van der Waals surface area (Å²) in [4.78, 5) is 10.5. The van der Waals surface area contributed by atoms with Gasteiger partial charge in [0.15, 0.2) is 0 Å². The van der Waals surface area contributed by atoms with Gasteiger partial charge in [0.1, 0.15) is 5.78 Å². The van der Waals surface area contributed by atoms with E-state index in [2.05, 4.69) is 0 Å². The van der Waals surface area contributed by atoms with Crippen molar-refractivity contribution in [1.29, 1.82) is 0 Å². The average molecular weight is 190 g/mol. The zero-order valence-electron chi connectivity index (χ0n) is 7.97. The van der Waals surface area contributed by atoms with E-state index in [0.29, 0.717) is 6.42 Å². The Morgan fingerprint density at radius 1 is 1.25 bits per heavy atom. The van der Waals surface area contributed by atoms with Gasteiger partial charge in [-0.15, -0.1) is 0 Å². The molecule has 0 amide bonds. The summed E-state index contributed by atoms with van der Waals surface area (Å²) in [5.41, 5.74) is 0. The quantitative estimate of drug-likeness (QED) is 0.575. The lowest BCUT2D eigenvalue weighted by molar-refractivity contribution is -0.117. The highest BCUT2D eigenvalue weighted by Gasteiger charge is 1.98. The van der Waals surface area contributed by atoms with Crippen LogP contribution >= 0.6 is 0 Å². The molecule has 12 heavy (non-hydrogen) atoms. The Kier molecular flexibility index (Phi) is 7.36. The largest absolute Gasteiger partial charge is 0.300 e. The molecule has 2 nitrogen and oxygen atoms in total. The normalized spacial score (nSPS) is 12.8. The van der Waals surface area contributed by atoms with Crippen molar-refractivity contribution in [1.82, 2.24) is 0 Å². The first-order valence-electron chi connectivity index (χ1n) is 4.51. The van der Waals surface area contributed by atoms with E-state index in [1.54, 1.807) is 6.92 Å². The molecule has 0 heterocycles. The second-order valence-electron chi connectivity index (χ2n) is 3.01. The van der Waals surface area contributed by atoms with Crippen LogP contribution in [-0.4, -0.2) is 21.5 Å². The molecule has 0 spiro atoms. The van der Waals surface area contributed by atoms with Gasteiger partial charge in [0.2, 0.25) is 0 Å². The molecule has 1 atom stereocenters. The predicted molar refractivity (Wildman–Crippen MR) is 52.7 cm³/mol. The van der Waals surface area contributed by atoms with Crippen LogP contribution in [0.1, 0.15) is 39.5 Å². The minimum absolute atomic E-state index is 0.233. The number of Topliss-reactive ketones (excluding diaryl/α,β-unsaturated/α-hetero) is 1. The first-order chi connectivity index (χ1) is 5.66. The fourth-order valence-electron chi connectivity index (χ4n) is 0.967. The van der Waals surface area contributed by atoms with Crippen LogP contribution in [0.25, 0.3) is 0 Å². The summed E-state index contributed by atoms with van der Waals surface area (Å²) >= 11 is 0. The van der Waals surface area contributed by atoms with Crippen molar-refractivity contribution in [2.45, 2.75) is 39.5 Å². The van der Waals surface area contributed by atoms with Crippen molar-refractivity contribution in [2.75, 3.05) is 11.5 Å². The number of carbonyl (C=O) groups is 1. The van der Waals surface area contributed by atoms with E-state index in [1.807, 2.05) is 6.92 Å². The molecule has 0 radical (unpaired) electrons. The molecule has 0 aromatic rings. The number of rotatable bonds is 7. The van der Waals surface area contributed by atoms with E-state index in [-0.39, 0.29) is 5.78 Å². The topological polar surface area (TPSA) is 34.1 Å². The number of hydrogen-bond acceptors (Lipinski definition) is 2. The number of unbranched alkanes of at least 4 members (excludes halogenated alkanes) is 1. The van der Waals surface area contributed by atoms with Crippen LogP contribution in [0.3, 0.4) is 0 Å². The first kappa shape index (κ1) is 11.8. The Morgan fingerprint density at radius 3 is 2.42 bits per heavy atom. The van der Waals surface area contributed by atoms with Gasteiger partial charge in [-0.1, -0.05) is 6.92 Å². The standard InChI is InChI=1S/C9H18O2S/c1-3-7-12(11)8-5-4-6-9(2)10/h3-8H2,1-2H3. The zero-order chi connectivity index (χ0) is 9.40. The Labute approximate surface area is 77.2 Å². The monoisotopic (exact) mass is 190 g/mol. The number of carbonyl (C=O) groups excluding carboxylic acids is 1. The average Bonchev–Trinajstić information content (AvgIpc) is 1.98. The van der Waals surface area contributed by atoms with Gasteiger partial charge >= 0.3 is 0 Å². The molecule has 0 aliphatic carbocycles. The third-order valence-corrected chi connectivity index (χ3v) is 3.19. The van der Waals surface area contributed by atoms with Gasteiger partial charge < -0.3 is 4.79 Å². The molecule has 0 aromatic carbocycles. The molecule has 0 fully saturated rings. The lowest BCUT2D eigenvalue weighted by atomic mass is 10.2. The van der Waals surface area contributed by atoms with E-state index < -0.39 is 10.8 Å². The minimum atomic E-state index is -0.646. The fourth-order valence-corrected chi connectivity index (χ4v) is 2.15. The Morgan fingerprint density at radius 2 is 1.92 bits per heavy atom. The molecule has 0 aliphatic rings. The van der Waals surface area contributed by atoms with Gasteiger partial charge in [0.25, 0.3) is 0 Å². The van der Waals surface area contributed by atoms with Crippen LogP contribution in [0.4, 0.5) is 0 Å². The van der Waals surface area contributed by atoms with Crippen LogP contribution in [-0.2, 0) is 15.6 Å². The molecular formula is C9H18O2S. The summed E-state index contributed by atoms with van der Waals surface area (Å²) in [6, 6.07) is 0. The predicted octanol–water partition coefficient (Wildman–Crippen LogP) is 1.90. The second-order valence-corrected chi connectivity index (χ2v) is 4.70. The molecule has 72 valence electrons. The van der Waals surface area contributed by atoms with E-state index in [1.165, 1.54) is 0 Å². The summed E-state index contributed by atoms with van der Waals surface area (Å²) in [7, 11) is -0.646. The SMILES string of the molecule is CCCS(=O)CCCCC(C)=O. The van der Waals surface area contributed by atoms with Crippen LogP contribution in [0.15, 0.2) is 0 Å². The molecule has 3 heteroatoms. The highest BCUT2D eigenvalue weighted by molar-refractivity contribution is 7.84. The summed E-state index contributed by atoms with van der Waals surface area (Å²) < 4.78 is 11.1. The van der Waals surface area contributed by atoms with Gasteiger partial charge in [-0.2, -0.15) is 0 Å². The third kappa shape index (κ3) is 7.92. The summed E-state index contributed by atoms with van der Waals surface area (Å²) in [6.45, 7) is 3.64. The lowest BCUT2D eigenvalue weighted by Gasteiger charge is -1.98. The highest BCUT2D eigenvalue weighted by Crippen LogP contribution is 1.99. The molecule has 0 aliphatic heterocycles. The van der Waals surface area contributed by atoms with Crippen molar-refractivity contribution in [3.05, 3.63) is 0 Å². The van der Waals surface area contributed by atoms with Crippen LogP contribution in [0.2, 0.25) is 0 Å². The molecule has 0 bridgehead atoms. The van der Waals surface area contributed by atoms with E-state index in [0.717, 1.165) is 30.8 Å². The maximum atomic E-state index is 11.1. The molecule has 0 saturated carbocycles. The Hall–Kier alpha value is -0.180. The molecule has 0 rings (SSSR count). The van der Waals surface area contributed by atoms with Gasteiger partial charge in [-0.3, -0.25) is 4.21 Å². The molecule has 0 saturated heterocycles. The zero-order valence-corrected chi connectivity index (χ0v) is 8.78. The van der Waals surface area contributed by atoms with Gasteiger partial charge in [-0.05, 0) is 26.2 Å². The maximum Gasteiger partial charge on any atom is 0.129 e. The lowest BCUT2D eigenvalue weighted by Crippen LogP contribution is -2.02. The fraction of sp³-hybridized carbons (Fsp3) is 0.889. The molecule has 1 unspecified atom stereocenters. The second kappa shape index (κ2) is 7.47. The third-order valence-electron chi connectivity index (χ3n) is 1.58. The van der Waals surface area contributed by atoms with E-state index in [4.69, 9.17) is 0 Å². The Balaban J connectivity index is 3.19. The Bertz CT molecular complexity index is 155. The van der Waals surface area contributed by atoms with E-state index >= 15 is 0 Å². The molecular weight excluding hydrogens is 172 g/mol. The highest BCUT2D eigenvalue weighted by atomic mass is 32.2. The van der Waals surface area contributed by atoms with Crippen LogP contribution in [0, 0.1) is 0 Å². The maximum absolute atomic E-state index is 11.1. The van der Waals surface area contributed by atoms with Crippen molar-refractivity contribution in [2.24, 2.45) is 0 Å². The number of ketones is 1. The van der Waals surface area contributed by atoms with Crippen molar-refractivity contribution in [3.63, 3.8) is 0 Å². The number of hydrogen-bond donors (Lipinski definition) is 0. The molecule has 0 aromatic heterocycles. The van der Waals surface area contributed by atoms with Gasteiger partial charge in [0, 0.05) is 28.7 Å². The van der Waals surface area contributed by atoms with Gasteiger partial charge in [0.05, 0.1) is 0 Å². The first-order valence-corrected chi connectivity index (χ1v) is 6.00. The van der Waals surface area contributed by atoms with Crippen LogP contribution in [0.5, 0.6) is 0 Å². The van der Waals surface area contributed by atoms with Crippen molar-refractivity contribution < 1.29 is 9.00 Å². The summed E-state index contributed by atoms with van der Waals surface area (Å²) in [5.74, 6) is 1.80. The van der Waals surface area contributed by atoms with Crippen molar-refractivity contribution in [3.8, 4) is 0 Å². The smallest absolute Gasteiger partial charge is 0.129 e. The van der Waals surface area contributed by atoms with Gasteiger partial charge in [-0.25, -0.2) is 0 Å². The molecule has 0 N–H and O–H groups in total. The summed E-state index contributed by atoms with van der Waals surface area (Å²) in [6.07, 6.45) is 3.44. The van der Waals surface area contributed by atoms with Crippen molar-refractivity contribution >= 4 is 16.6 Å². The minimum Gasteiger partial charge on any atom is -0.300 e.